The van der Waals surface area contributed by atoms with E-state index in [9.17, 15) is 9.18 Å². The third-order valence-corrected chi connectivity index (χ3v) is 4.79. The Hall–Kier alpha value is -3.61. The van der Waals surface area contributed by atoms with Gasteiger partial charge in [0, 0.05) is 25.1 Å². The highest BCUT2D eigenvalue weighted by Gasteiger charge is 2.20. The van der Waals surface area contributed by atoms with Crippen LogP contribution in [0.25, 0.3) is 0 Å². The molecule has 0 saturated heterocycles. The van der Waals surface area contributed by atoms with Gasteiger partial charge in [0.25, 0.3) is 0 Å². The highest BCUT2D eigenvalue weighted by atomic mass is 19.1. The van der Waals surface area contributed by atoms with E-state index >= 15 is 0 Å². The molecule has 6 nitrogen and oxygen atoms in total. The minimum absolute atomic E-state index is 0.190. The van der Waals surface area contributed by atoms with Gasteiger partial charge in [0.05, 0.1) is 26.9 Å². The van der Waals surface area contributed by atoms with Crippen LogP contribution in [0.1, 0.15) is 24.5 Å². The van der Waals surface area contributed by atoms with E-state index in [1.54, 1.807) is 48.5 Å². The molecule has 0 aliphatic heterocycles. The monoisotopic (exact) mass is 438 g/mol. The van der Waals surface area contributed by atoms with Gasteiger partial charge in [-0.15, -0.1) is 0 Å². The number of amides is 1. The minimum atomic E-state index is -0.458. The maximum absolute atomic E-state index is 12.6. The molecule has 0 radical (unpaired) electrons. The van der Waals surface area contributed by atoms with Crippen molar-refractivity contribution in [1.82, 2.24) is 4.98 Å². The number of methoxy groups -OCH3 is 1. The van der Waals surface area contributed by atoms with Gasteiger partial charge in [-0.05, 0) is 49.4 Å². The van der Waals surface area contributed by atoms with E-state index in [-0.39, 0.29) is 19.1 Å². The van der Waals surface area contributed by atoms with Gasteiger partial charge in [-0.1, -0.05) is 17.7 Å². The molecule has 0 unspecified atom stereocenters. The van der Waals surface area contributed by atoms with Gasteiger partial charge >= 0.3 is 0 Å². The molecule has 3 rings (SSSR count). The van der Waals surface area contributed by atoms with Crippen LogP contribution in [0, 0.1) is 6.92 Å². The first-order valence-corrected chi connectivity index (χ1v) is 10.3. The highest BCUT2D eigenvalue weighted by molar-refractivity contribution is 5.92. The Morgan fingerprint density at radius 1 is 1.09 bits per heavy atom. The molecule has 0 atom stereocenters. The zero-order valence-corrected chi connectivity index (χ0v) is 18.5. The van der Waals surface area contributed by atoms with Gasteiger partial charge in [0.15, 0.2) is 0 Å². The molecule has 0 N–H and O–H groups in total. The molecule has 168 valence electrons. The van der Waals surface area contributed by atoms with Crippen molar-refractivity contribution >= 4 is 11.6 Å². The second kappa shape index (κ2) is 11.1. The molecular weight excluding hydrogens is 411 g/mol. The second-order valence-electron chi connectivity index (χ2n) is 7.21. The fraction of sp³-hybridized carbons (Fsp3) is 0.280. The van der Waals surface area contributed by atoms with Gasteiger partial charge in [0.1, 0.15) is 22.9 Å². The molecule has 1 heterocycles. The first-order chi connectivity index (χ1) is 15.5. The second-order valence-corrected chi connectivity index (χ2v) is 7.21. The fourth-order valence-corrected chi connectivity index (χ4v) is 3.10. The van der Waals surface area contributed by atoms with Crippen LogP contribution in [-0.4, -0.2) is 31.3 Å². The van der Waals surface area contributed by atoms with Crippen molar-refractivity contribution in [2.45, 2.75) is 26.8 Å². The van der Waals surface area contributed by atoms with E-state index in [0.29, 0.717) is 35.2 Å². The van der Waals surface area contributed by atoms with Crippen LogP contribution < -0.4 is 19.1 Å². The van der Waals surface area contributed by atoms with E-state index in [1.165, 1.54) is 6.92 Å². The topological polar surface area (TPSA) is 60.9 Å². The number of rotatable bonds is 10. The Morgan fingerprint density at radius 3 is 2.53 bits per heavy atom. The number of pyridine rings is 1. The van der Waals surface area contributed by atoms with Gasteiger partial charge in [0.2, 0.25) is 11.8 Å². The zero-order valence-electron chi connectivity index (χ0n) is 18.5. The third-order valence-electron chi connectivity index (χ3n) is 4.79. The molecule has 0 fully saturated rings. The van der Waals surface area contributed by atoms with Crippen molar-refractivity contribution in [3.63, 3.8) is 0 Å². The summed E-state index contributed by atoms with van der Waals surface area (Å²) in [7, 11) is 1.57. The van der Waals surface area contributed by atoms with Crippen LogP contribution in [0.5, 0.6) is 23.1 Å². The minimum Gasteiger partial charge on any atom is -0.497 e. The van der Waals surface area contributed by atoms with Crippen molar-refractivity contribution in [2.24, 2.45) is 0 Å². The Kier molecular flexibility index (Phi) is 8.02. The molecule has 0 aliphatic carbocycles. The number of carbonyl (C=O) groups excluding carboxylic acids is 1. The van der Waals surface area contributed by atoms with Crippen LogP contribution in [0.4, 0.5) is 10.1 Å². The van der Waals surface area contributed by atoms with Crippen LogP contribution in [0.2, 0.25) is 0 Å². The summed E-state index contributed by atoms with van der Waals surface area (Å²) in [6.45, 7) is 3.46. The molecule has 7 heteroatoms. The first kappa shape index (κ1) is 23.1. The lowest BCUT2D eigenvalue weighted by atomic mass is 10.1. The van der Waals surface area contributed by atoms with E-state index in [0.717, 1.165) is 11.1 Å². The molecular formula is C25H27FN2O4. The number of aromatic nitrogens is 1. The maximum atomic E-state index is 12.6. The van der Waals surface area contributed by atoms with Crippen LogP contribution in [-0.2, 0) is 11.3 Å². The quantitative estimate of drug-likeness (QED) is 0.392. The number of anilines is 1. The van der Waals surface area contributed by atoms with Crippen LogP contribution in [0.3, 0.4) is 0 Å². The molecule has 0 spiro atoms. The summed E-state index contributed by atoms with van der Waals surface area (Å²) < 4.78 is 29.6. The number of alkyl halides is 1. The lowest BCUT2D eigenvalue weighted by Crippen LogP contribution is -2.28. The summed E-state index contributed by atoms with van der Waals surface area (Å²) in [4.78, 5) is 18.6. The molecule has 0 aliphatic rings. The summed E-state index contributed by atoms with van der Waals surface area (Å²) >= 11 is 0. The first-order valence-electron chi connectivity index (χ1n) is 10.3. The standard InChI is InChI=1S/C25H27FN2O4/c1-18-7-9-21(10-8-18)32-25-23(6-4-14-27-25)28(19(2)29)17-20-16-22(30-3)11-12-24(20)31-15-5-13-26/h4,6-12,14,16H,5,13,15,17H2,1-3H3. The van der Waals surface area contributed by atoms with Gasteiger partial charge in [-0.2, -0.15) is 0 Å². The van der Waals surface area contributed by atoms with Gasteiger partial charge in [-0.3, -0.25) is 9.18 Å². The number of ether oxygens (including phenoxy) is 3. The Morgan fingerprint density at radius 2 is 1.84 bits per heavy atom. The molecule has 32 heavy (non-hydrogen) atoms. The number of hydrogen-bond acceptors (Lipinski definition) is 5. The molecule has 1 amide bonds. The Balaban J connectivity index is 1.93. The number of halogens is 1. The normalized spacial score (nSPS) is 10.5. The summed E-state index contributed by atoms with van der Waals surface area (Å²) in [5.74, 6) is 1.94. The summed E-state index contributed by atoms with van der Waals surface area (Å²) in [5.41, 5.74) is 2.36. The maximum Gasteiger partial charge on any atom is 0.243 e. The molecule has 1 aromatic heterocycles. The predicted octanol–water partition coefficient (Wildman–Crippen LogP) is 5.48. The lowest BCUT2D eigenvalue weighted by Gasteiger charge is -2.24. The number of hydrogen-bond donors (Lipinski definition) is 0. The largest absolute Gasteiger partial charge is 0.497 e. The predicted molar refractivity (Wildman–Crippen MR) is 121 cm³/mol. The molecule has 2 aromatic carbocycles. The summed E-state index contributed by atoms with van der Waals surface area (Å²) in [6, 6.07) is 16.4. The molecule has 0 saturated carbocycles. The van der Waals surface area contributed by atoms with E-state index < -0.39 is 6.67 Å². The zero-order chi connectivity index (χ0) is 22.9. The average Bonchev–Trinajstić information content (AvgIpc) is 2.80. The van der Waals surface area contributed by atoms with Crippen molar-refractivity contribution in [2.75, 3.05) is 25.3 Å². The van der Waals surface area contributed by atoms with Gasteiger partial charge < -0.3 is 19.1 Å². The molecule has 0 bridgehead atoms. The third kappa shape index (κ3) is 5.97. The van der Waals surface area contributed by atoms with E-state index in [4.69, 9.17) is 14.2 Å². The number of carbonyl (C=O) groups is 1. The Bertz CT molecular complexity index is 1040. The summed E-state index contributed by atoms with van der Waals surface area (Å²) in [5, 5.41) is 0. The van der Waals surface area contributed by atoms with Crippen molar-refractivity contribution in [1.29, 1.82) is 0 Å². The smallest absolute Gasteiger partial charge is 0.243 e. The van der Waals surface area contributed by atoms with E-state index in [1.807, 2.05) is 31.2 Å². The van der Waals surface area contributed by atoms with Crippen molar-refractivity contribution < 1.29 is 23.4 Å². The highest BCUT2D eigenvalue weighted by Crippen LogP contribution is 2.33. The van der Waals surface area contributed by atoms with Crippen molar-refractivity contribution in [3.05, 3.63) is 71.9 Å². The lowest BCUT2D eigenvalue weighted by molar-refractivity contribution is -0.116. The van der Waals surface area contributed by atoms with Gasteiger partial charge in [-0.25, -0.2) is 4.98 Å². The number of benzene rings is 2. The Labute approximate surface area is 187 Å². The van der Waals surface area contributed by atoms with Crippen LogP contribution in [0.15, 0.2) is 60.8 Å². The fourth-order valence-electron chi connectivity index (χ4n) is 3.10. The average molecular weight is 438 g/mol. The van der Waals surface area contributed by atoms with E-state index in [2.05, 4.69) is 4.98 Å². The SMILES string of the molecule is COc1ccc(OCCCF)c(CN(C(C)=O)c2cccnc2Oc2ccc(C)cc2)c1. The summed E-state index contributed by atoms with van der Waals surface area (Å²) in [6.07, 6.45) is 1.90. The molecule has 3 aromatic rings. The number of aryl methyl sites for hydroxylation is 1. The van der Waals surface area contributed by atoms with Crippen molar-refractivity contribution in [3.8, 4) is 23.1 Å². The number of nitrogens with zero attached hydrogens (tertiary/aromatic N) is 2. The van der Waals surface area contributed by atoms with Crippen LogP contribution >= 0.6 is 0 Å².